The number of ketones is 1. The maximum Gasteiger partial charge on any atom is 0.174 e. The molecule has 3 aromatic carbocycles. The first kappa shape index (κ1) is 18.8. The van der Waals surface area contributed by atoms with E-state index in [1.165, 1.54) is 12.1 Å². The third-order valence-electron chi connectivity index (χ3n) is 6.17. The minimum absolute atomic E-state index is 0.149. The Hall–Kier alpha value is -3.18. The van der Waals surface area contributed by atoms with Gasteiger partial charge < -0.3 is 10.1 Å². The molecule has 0 saturated carbocycles. The summed E-state index contributed by atoms with van der Waals surface area (Å²) in [5.41, 5.74) is 3.33. The fourth-order valence-electron chi connectivity index (χ4n) is 4.79. The molecule has 1 unspecified atom stereocenters. The van der Waals surface area contributed by atoms with E-state index in [9.17, 15) is 9.18 Å². The first-order valence-electron chi connectivity index (χ1n) is 10.1. The number of ether oxygens (including phenoxy) is 1. The minimum Gasteiger partial charge on any atom is -0.497 e. The lowest BCUT2D eigenvalue weighted by molar-refractivity contribution is 0.0482. The summed E-state index contributed by atoms with van der Waals surface area (Å²) in [6.07, 6.45) is 0. The lowest BCUT2D eigenvalue weighted by Crippen LogP contribution is -2.70. The van der Waals surface area contributed by atoms with Crippen molar-refractivity contribution in [3.8, 4) is 5.75 Å². The number of benzene rings is 3. The van der Waals surface area contributed by atoms with Crippen LogP contribution in [0.5, 0.6) is 5.75 Å². The minimum atomic E-state index is -0.361. The molecule has 152 valence electrons. The van der Waals surface area contributed by atoms with Gasteiger partial charge in [-0.25, -0.2) is 4.39 Å². The third-order valence-corrected chi connectivity index (χ3v) is 6.17. The number of nitrogens with zero attached hydrogens (tertiary/aromatic N) is 1. The van der Waals surface area contributed by atoms with Crippen LogP contribution in [0.1, 0.15) is 27.4 Å². The first-order valence-corrected chi connectivity index (χ1v) is 10.1. The number of nitrogens with one attached hydrogen (secondary N) is 1. The van der Waals surface area contributed by atoms with E-state index in [4.69, 9.17) is 4.74 Å². The molecule has 3 aromatic rings. The van der Waals surface area contributed by atoms with Crippen molar-refractivity contribution in [2.24, 2.45) is 0 Å². The topological polar surface area (TPSA) is 41.6 Å². The number of hydrogen-bond donors (Lipinski definition) is 1. The van der Waals surface area contributed by atoms with Crippen LogP contribution in [-0.2, 0) is 6.54 Å². The number of para-hydroxylation sites is 1. The van der Waals surface area contributed by atoms with Crippen molar-refractivity contribution < 1.29 is 13.9 Å². The Morgan fingerprint density at radius 2 is 1.73 bits per heavy atom. The van der Waals surface area contributed by atoms with Crippen LogP contribution in [0.4, 0.5) is 10.1 Å². The largest absolute Gasteiger partial charge is 0.497 e. The summed E-state index contributed by atoms with van der Waals surface area (Å²) in [6.45, 7) is 2.21. The van der Waals surface area contributed by atoms with Crippen LogP contribution in [0.25, 0.3) is 0 Å². The van der Waals surface area contributed by atoms with Gasteiger partial charge >= 0.3 is 0 Å². The fraction of sp³-hybridized carbons (Fsp3) is 0.240. The van der Waals surface area contributed by atoms with Crippen LogP contribution in [0, 0.1) is 5.82 Å². The van der Waals surface area contributed by atoms with Crippen LogP contribution in [0.3, 0.4) is 0 Å². The molecule has 2 heterocycles. The third kappa shape index (κ3) is 3.15. The van der Waals surface area contributed by atoms with Gasteiger partial charge in [0.25, 0.3) is 0 Å². The number of fused-ring (bicyclic) bond motifs is 1. The van der Waals surface area contributed by atoms with Crippen LogP contribution >= 0.6 is 0 Å². The quantitative estimate of drug-likeness (QED) is 0.699. The van der Waals surface area contributed by atoms with Crippen molar-refractivity contribution in [1.82, 2.24) is 4.90 Å². The van der Waals surface area contributed by atoms with Gasteiger partial charge in [0.2, 0.25) is 0 Å². The maximum absolute atomic E-state index is 13.6. The van der Waals surface area contributed by atoms with E-state index in [-0.39, 0.29) is 23.1 Å². The number of hydrogen-bond acceptors (Lipinski definition) is 4. The summed E-state index contributed by atoms with van der Waals surface area (Å²) in [5, 5.41) is 3.69. The zero-order valence-electron chi connectivity index (χ0n) is 16.8. The molecule has 0 radical (unpaired) electrons. The molecule has 1 spiro atoms. The summed E-state index contributed by atoms with van der Waals surface area (Å²) in [7, 11) is 1.64. The highest BCUT2D eigenvalue weighted by Gasteiger charge is 2.54. The Bertz CT molecular complexity index is 1070. The highest BCUT2D eigenvalue weighted by Crippen LogP contribution is 2.46. The number of carbonyl (C=O) groups is 1. The second kappa shape index (κ2) is 7.26. The summed E-state index contributed by atoms with van der Waals surface area (Å²) >= 11 is 0. The highest BCUT2D eigenvalue weighted by atomic mass is 19.1. The molecule has 0 aliphatic carbocycles. The predicted molar refractivity (Wildman–Crippen MR) is 115 cm³/mol. The fourth-order valence-corrected chi connectivity index (χ4v) is 4.79. The number of carbonyl (C=O) groups excluding carboxylic acids is 1. The van der Waals surface area contributed by atoms with E-state index < -0.39 is 0 Å². The van der Waals surface area contributed by atoms with E-state index >= 15 is 0 Å². The highest BCUT2D eigenvalue weighted by molar-refractivity contribution is 6.08. The molecule has 1 saturated heterocycles. The lowest BCUT2D eigenvalue weighted by atomic mass is 9.67. The van der Waals surface area contributed by atoms with E-state index in [2.05, 4.69) is 10.2 Å². The average molecular weight is 402 g/mol. The van der Waals surface area contributed by atoms with Crippen molar-refractivity contribution in [2.45, 2.75) is 18.0 Å². The molecule has 0 bridgehead atoms. The molecule has 2 aliphatic heterocycles. The lowest BCUT2D eigenvalue weighted by Gasteiger charge is -2.56. The molecular weight excluding hydrogens is 379 g/mol. The van der Waals surface area contributed by atoms with Gasteiger partial charge in [-0.2, -0.15) is 0 Å². The van der Waals surface area contributed by atoms with Gasteiger partial charge in [0.05, 0.1) is 18.6 Å². The molecule has 0 amide bonds. The van der Waals surface area contributed by atoms with E-state index in [1.807, 2.05) is 60.7 Å². The second-order valence-corrected chi connectivity index (χ2v) is 8.17. The molecule has 0 aromatic heterocycles. The zero-order chi connectivity index (χ0) is 20.7. The van der Waals surface area contributed by atoms with Gasteiger partial charge in [-0.05, 0) is 47.5 Å². The Labute approximate surface area is 175 Å². The molecule has 1 fully saturated rings. The van der Waals surface area contributed by atoms with Crippen LogP contribution in [0.2, 0.25) is 0 Å². The SMILES string of the molecule is COc1ccc(C2C(=O)c3ccccc3NC23CN(Cc2ccc(F)cc2)C3)cc1. The standard InChI is InChI=1S/C25H23FN2O2/c1-30-20-12-8-18(9-13-20)23-24(29)21-4-2-3-5-22(21)27-25(23)15-28(16-25)14-17-6-10-19(26)11-7-17/h2-13,23,27H,14-16H2,1H3. The van der Waals surface area contributed by atoms with Crippen molar-refractivity contribution >= 4 is 11.5 Å². The Morgan fingerprint density at radius 3 is 2.43 bits per heavy atom. The Kier molecular flexibility index (Phi) is 4.55. The Morgan fingerprint density at radius 1 is 1.03 bits per heavy atom. The maximum atomic E-state index is 13.6. The summed E-state index contributed by atoms with van der Waals surface area (Å²) in [6, 6.07) is 22.1. The van der Waals surface area contributed by atoms with Crippen molar-refractivity contribution in [3.63, 3.8) is 0 Å². The molecule has 4 nitrogen and oxygen atoms in total. The van der Waals surface area contributed by atoms with E-state index in [1.54, 1.807) is 7.11 Å². The molecular formula is C25H23FN2O2. The predicted octanol–water partition coefficient (Wildman–Crippen LogP) is 4.48. The van der Waals surface area contributed by atoms with Gasteiger partial charge in [-0.3, -0.25) is 9.69 Å². The van der Waals surface area contributed by atoms with Crippen LogP contribution in [0.15, 0.2) is 72.8 Å². The normalized spacial score (nSPS) is 19.7. The van der Waals surface area contributed by atoms with Crippen molar-refractivity contribution in [1.29, 1.82) is 0 Å². The number of halogens is 1. The van der Waals surface area contributed by atoms with Crippen LogP contribution in [-0.4, -0.2) is 36.4 Å². The number of rotatable bonds is 4. The molecule has 30 heavy (non-hydrogen) atoms. The molecule has 2 aliphatic rings. The smallest absolute Gasteiger partial charge is 0.174 e. The second-order valence-electron chi connectivity index (χ2n) is 8.17. The van der Waals surface area contributed by atoms with Gasteiger partial charge in [-0.1, -0.05) is 36.4 Å². The number of anilines is 1. The number of likely N-dealkylation sites (tertiary alicyclic amines) is 1. The molecule has 5 heteroatoms. The molecule has 1 atom stereocenters. The van der Waals surface area contributed by atoms with E-state index in [0.29, 0.717) is 0 Å². The molecule has 1 N–H and O–H groups in total. The Balaban J connectivity index is 1.45. The summed E-state index contributed by atoms with van der Waals surface area (Å²) in [5.74, 6) is 0.421. The zero-order valence-corrected chi connectivity index (χ0v) is 16.8. The van der Waals surface area contributed by atoms with Crippen LogP contribution < -0.4 is 10.1 Å². The van der Waals surface area contributed by atoms with Gasteiger partial charge in [0.1, 0.15) is 11.6 Å². The van der Waals surface area contributed by atoms with Gasteiger partial charge in [0.15, 0.2) is 5.78 Å². The monoisotopic (exact) mass is 402 g/mol. The van der Waals surface area contributed by atoms with Crippen molar-refractivity contribution in [3.05, 3.63) is 95.3 Å². The van der Waals surface area contributed by atoms with E-state index in [0.717, 1.165) is 47.8 Å². The number of methoxy groups -OCH3 is 1. The summed E-state index contributed by atoms with van der Waals surface area (Å²) in [4.78, 5) is 15.8. The first-order chi connectivity index (χ1) is 14.6. The average Bonchev–Trinajstić information content (AvgIpc) is 2.74. The van der Waals surface area contributed by atoms with Gasteiger partial charge in [-0.15, -0.1) is 0 Å². The van der Waals surface area contributed by atoms with Gasteiger partial charge in [0, 0.05) is 30.9 Å². The number of Topliss-reactive ketones (excluding diaryl/α,β-unsaturated/α-hetero) is 1. The molecule has 5 rings (SSSR count). The van der Waals surface area contributed by atoms with Crippen molar-refractivity contribution in [2.75, 3.05) is 25.5 Å². The summed E-state index contributed by atoms with van der Waals surface area (Å²) < 4.78 is 18.5.